The van der Waals surface area contributed by atoms with Gasteiger partial charge in [-0.05, 0) is 24.7 Å². The summed E-state index contributed by atoms with van der Waals surface area (Å²) in [5, 5.41) is 3.59. The Kier molecular flexibility index (Phi) is 8.31. The lowest BCUT2D eigenvalue weighted by Crippen LogP contribution is -2.43. The summed E-state index contributed by atoms with van der Waals surface area (Å²) in [7, 11) is 0. The molecular weight excluding hydrogens is 260 g/mol. The van der Waals surface area contributed by atoms with Crippen molar-refractivity contribution in [3.63, 3.8) is 0 Å². The summed E-state index contributed by atoms with van der Waals surface area (Å²) in [5.41, 5.74) is 0. The Morgan fingerprint density at radius 3 is 2.33 bits per heavy atom. The van der Waals surface area contributed by atoms with E-state index in [0.717, 1.165) is 25.8 Å². The van der Waals surface area contributed by atoms with Gasteiger partial charge >= 0.3 is 0 Å². The minimum atomic E-state index is 0.0565. The molecule has 0 aromatic carbocycles. The van der Waals surface area contributed by atoms with E-state index in [-0.39, 0.29) is 12.2 Å². The molecule has 1 amide bonds. The average molecular weight is 296 g/mol. The molecule has 0 radical (unpaired) electrons. The Hall–Kier alpha value is -0.570. The van der Waals surface area contributed by atoms with Crippen LogP contribution in [0.2, 0.25) is 0 Å². The van der Waals surface area contributed by atoms with E-state index in [2.05, 4.69) is 44.8 Å². The van der Waals surface area contributed by atoms with E-state index in [1.54, 1.807) is 0 Å². The van der Waals surface area contributed by atoms with Gasteiger partial charge in [0, 0.05) is 6.54 Å². The molecule has 0 spiro atoms. The van der Waals surface area contributed by atoms with Crippen molar-refractivity contribution < 1.29 is 4.79 Å². The van der Waals surface area contributed by atoms with E-state index in [9.17, 15) is 4.79 Å². The van der Waals surface area contributed by atoms with Crippen molar-refractivity contribution in [3.05, 3.63) is 0 Å². The Labute approximate surface area is 131 Å². The summed E-state index contributed by atoms with van der Waals surface area (Å²) >= 11 is 0. The molecule has 0 bridgehead atoms. The number of unbranched alkanes of at least 4 members (excludes halogenated alkanes) is 2. The number of rotatable bonds is 10. The number of nitrogens with one attached hydrogen (secondary N) is 1. The van der Waals surface area contributed by atoms with Gasteiger partial charge in [-0.15, -0.1) is 0 Å². The van der Waals surface area contributed by atoms with Gasteiger partial charge in [-0.25, -0.2) is 0 Å². The zero-order chi connectivity index (χ0) is 15.8. The van der Waals surface area contributed by atoms with Gasteiger partial charge in [0.1, 0.15) is 0 Å². The first-order valence-corrected chi connectivity index (χ1v) is 9.11. The molecule has 1 heterocycles. The molecule has 0 aliphatic carbocycles. The highest BCUT2D eigenvalue weighted by molar-refractivity contribution is 5.84. The summed E-state index contributed by atoms with van der Waals surface area (Å²) < 4.78 is 0. The van der Waals surface area contributed by atoms with Crippen molar-refractivity contribution in [1.82, 2.24) is 10.2 Å². The molecule has 1 aliphatic heterocycles. The first kappa shape index (κ1) is 18.5. The third kappa shape index (κ3) is 5.28. The van der Waals surface area contributed by atoms with Crippen molar-refractivity contribution >= 4 is 5.91 Å². The van der Waals surface area contributed by atoms with Crippen LogP contribution in [0, 0.1) is 11.8 Å². The molecular formula is C18H36N2O. The Morgan fingerprint density at radius 2 is 1.81 bits per heavy atom. The Balaban J connectivity index is 2.68. The number of hydrogen-bond donors (Lipinski definition) is 1. The monoisotopic (exact) mass is 296 g/mol. The summed E-state index contributed by atoms with van der Waals surface area (Å²) in [6.07, 6.45) is 8.46. The number of carbonyl (C=O) groups is 1. The first-order valence-electron chi connectivity index (χ1n) is 9.11. The molecule has 3 atom stereocenters. The van der Waals surface area contributed by atoms with E-state index in [1.165, 1.54) is 25.7 Å². The van der Waals surface area contributed by atoms with Gasteiger partial charge in [0.05, 0.1) is 12.2 Å². The van der Waals surface area contributed by atoms with E-state index < -0.39 is 0 Å². The van der Waals surface area contributed by atoms with E-state index in [4.69, 9.17) is 0 Å². The molecule has 0 aromatic rings. The molecule has 3 nitrogen and oxygen atoms in total. The quantitative estimate of drug-likeness (QED) is 0.656. The minimum absolute atomic E-state index is 0.0565. The van der Waals surface area contributed by atoms with Crippen LogP contribution in [0.5, 0.6) is 0 Å². The van der Waals surface area contributed by atoms with Gasteiger partial charge in [-0.3, -0.25) is 10.1 Å². The smallest absolute Gasteiger partial charge is 0.241 e. The van der Waals surface area contributed by atoms with Crippen molar-refractivity contribution in [2.75, 3.05) is 6.54 Å². The Bertz CT molecular complexity index is 304. The van der Waals surface area contributed by atoms with Gasteiger partial charge in [0.25, 0.3) is 0 Å². The number of nitrogens with zero attached hydrogens (tertiary/aromatic N) is 1. The maximum Gasteiger partial charge on any atom is 0.241 e. The minimum Gasteiger partial charge on any atom is -0.325 e. The fraction of sp³-hybridized carbons (Fsp3) is 0.944. The van der Waals surface area contributed by atoms with Gasteiger partial charge in [0.15, 0.2) is 0 Å². The van der Waals surface area contributed by atoms with Crippen LogP contribution >= 0.6 is 0 Å². The Morgan fingerprint density at radius 1 is 1.14 bits per heavy atom. The van der Waals surface area contributed by atoms with E-state index >= 15 is 0 Å². The van der Waals surface area contributed by atoms with Crippen LogP contribution in [-0.4, -0.2) is 29.6 Å². The van der Waals surface area contributed by atoms with Crippen LogP contribution in [0.1, 0.15) is 79.6 Å². The summed E-state index contributed by atoms with van der Waals surface area (Å²) in [4.78, 5) is 14.9. The highest BCUT2D eigenvalue weighted by Gasteiger charge is 2.40. The van der Waals surface area contributed by atoms with Crippen molar-refractivity contribution in [2.45, 2.75) is 91.8 Å². The lowest BCUT2D eigenvalue weighted by atomic mass is 9.98. The number of hydrogen-bond acceptors (Lipinski definition) is 2. The largest absolute Gasteiger partial charge is 0.325 e. The molecule has 124 valence electrons. The molecule has 21 heavy (non-hydrogen) atoms. The second-order valence-corrected chi connectivity index (χ2v) is 6.96. The maximum absolute atomic E-state index is 12.7. The second-order valence-electron chi connectivity index (χ2n) is 6.96. The fourth-order valence-electron chi connectivity index (χ4n) is 3.27. The summed E-state index contributed by atoms with van der Waals surface area (Å²) in [6, 6.07) is 0.0565. The predicted molar refractivity (Wildman–Crippen MR) is 90.1 cm³/mol. The highest BCUT2D eigenvalue weighted by Crippen LogP contribution is 2.24. The summed E-state index contributed by atoms with van der Waals surface area (Å²) in [5.74, 6) is 1.48. The molecule has 1 aliphatic rings. The zero-order valence-electron chi connectivity index (χ0n) is 14.8. The topological polar surface area (TPSA) is 32.3 Å². The second kappa shape index (κ2) is 9.45. The maximum atomic E-state index is 12.7. The van der Waals surface area contributed by atoms with Crippen LogP contribution in [-0.2, 0) is 4.79 Å². The summed E-state index contributed by atoms with van der Waals surface area (Å²) in [6.45, 7) is 12.1. The van der Waals surface area contributed by atoms with Gasteiger partial charge < -0.3 is 4.90 Å². The average Bonchev–Trinajstić information content (AvgIpc) is 2.78. The van der Waals surface area contributed by atoms with Crippen molar-refractivity contribution in [2.24, 2.45) is 11.8 Å². The third-order valence-electron chi connectivity index (χ3n) is 4.76. The molecule has 1 N–H and O–H groups in total. The predicted octanol–water partition coefficient (Wildman–Crippen LogP) is 4.18. The van der Waals surface area contributed by atoms with Crippen molar-refractivity contribution in [1.29, 1.82) is 0 Å². The zero-order valence-corrected chi connectivity index (χ0v) is 14.8. The van der Waals surface area contributed by atoms with Crippen LogP contribution < -0.4 is 5.32 Å². The molecule has 1 rings (SSSR count). The highest BCUT2D eigenvalue weighted by atomic mass is 16.2. The van der Waals surface area contributed by atoms with Gasteiger partial charge in [-0.1, -0.05) is 66.7 Å². The van der Waals surface area contributed by atoms with Gasteiger partial charge in [-0.2, -0.15) is 0 Å². The molecule has 0 saturated carbocycles. The first-order chi connectivity index (χ1) is 10.0. The van der Waals surface area contributed by atoms with Crippen LogP contribution in [0.3, 0.4) is 0 Å². The van der Waals surface area contributed by atoms with Gasteiger partial charge in [0.2, 0.25) is 5.91 Å². The van der Waals surface area contributed by atoms with Crippen LogP contribution in [0.15, 0.2) is 0 Å². The normalized spacial score (nSPS) is 24.1. The SMILES string of the molecule is CCCCC(CC)CN1C(=O)C(CCCC)NC1C(C)C. The molecule has 1 fully saturated rings. The standard InChI is InChI=1S/C18H36N2O/c1-6-9-11-15(8-3)13-20-17(14(4)5)19-16(18(20)21)12-10-7-2/h14-17,19H,6-13H2,1-5H3. The molecule has 0 aromatic heterocycles. The molecule has 3 heteroatoms. The van der Waals surface area contributed by atoms with E-state index in [0.29, 0.717) is 17.7 Å². The number of carbonyl (C=O) groups excluding carboxylic acids is 1. The lowest BCUT2D eigenvalue weighted by Gasteiger charge is -2.30. The van der Waals surface area contributed by atoms with Crippen molar-refractivity contribution in [3.8, 4) is 0 Å². The lowest BCUT2D eigenvalue weighted by molar-refractivity contribution is -0.131. The molecule has 1 saturated heterocycles. The number of amides is 1. The van der Waals surface area contributed by atoms with Crippen LogP contribution in [0.4, 0.5) is 0 Å². The van der Waals surface area contributed by atoms with Crippen LogP contribution in [0.25, 0.3) is 0 Å². The molecule has 3 unspecified atom stereocenters. The third-order valence-corrected chi connectivity index (χ3v) is 4.76. The fourth-order valence-corrected chi connectivity index (χ4v) is 3.27. The van der Waals surface area contributed by atoms with E-state index in [1.807, 2.05) is 0 Å².